The number of rotatable bonds is 4. The van der Waals surface area contributed by atoms with E-state index in [2.05, 4.69) is 10.2 Å². The van der Waals surface area contributed by atoms with Gasteiger partial charge in [0.15, 0.2) is 17.9 Å². The van der Waals surface area contributed by atoms with Crippen molar-refractivity contribution in [2.45, 2.75) is 13.3 Å². The molecule has 0 amide bonds. The van der Waals surface area contributed by atoms with E-state index in [1.54, 1.807) is 19.1 Å². The molecule has 0 spiro atoms. The van der Waals surface area contributed by atoms with Crippen LogP contribution in [0, 0.1) is 12.7 Å². The topological polar surface area (TPSA) is 55.0 Å². The van der Waals surface area contributed by atoms with Crippen LogP contribution in [0.3, 0.4) is 0 Å². The minimum atomic E-state index is -0.421. The number of hydrogen-bond acceptors (Lipinski definition) is 3. The van der Waals surface area contributed by atoms with Crippen molar-refractivity contribution < 1.29 is 13.9 Å². The average Bonchev–Trinajstić information content (AvgIpc) is 2.70. The summed E-state index contributed by atoms with van der Waals surface area (Å²) in [6.45, 7) is 1.77. The van der Waals surface area contributed by atoms with Crippen molar-refractivity contribution >= 4 is 6.29 Å². The van der Waals surface area contributed by atoms with E-state index < -0.39 is 5.82 Å². The minimum Gasteiger partial charge on any atom is -0.494 e. The minimum absolute atomic E-state index is 0.201. The zero-order chi connectivity index (χ0) is 13.1. The number of carbonyl (C=O) groups excluding carboxylic acids is 1. The first-order valence-corrected chi connectivity index (χ1v) is 5.47. The molecule has 94 valence electrons. The third kappa shape index (κ3) is 2.25. The Hall–Kier alpha value is -2.17. The van der Waals surface area contributed by atoms with Crippen molar-refractivity contribution in [2.24, 2.45) is 0 Å². The van der Waals surface area contributed by atoms with Gasteiger partial charge in [0.25, 0.3) is 0 Å². The number of aromatic nitrogens is 2. The molecule has 0 bridgehead atoms. The number of hydrogen-bond donors (Lipinski definition) is 1. The van der Waals surface area contributed by atoms with Crippen LogP contribution in [-0.4, -0.2) is 23.6 Å². The van der Waals surface area contributed by atoms with Crippen LogP contribution < -0.4 is 4.74 Å². The molecule has 2 rings (SSSR count). The smallest absolute Gasteiger partial charge is 0.165 e. The number of ether oxygens (including phenoxy) is 1. The first kappa shape index (κ1) is 12.3. The maximum atomic E-state index is 13.5. The highest BCUT2D eigenvalue weighted by atomic mass is 19.1. The van der Waals surface area contributed by atoms with Gasteiger partial charge in [-0.1, -0.05) is 6.07 Å². The van der Waals surface area contributed by atoms with Crippen molar-refractivity contribution in [1.29, 1.82) is 0 Å². The van der Waals surface area contributed by atoms with E-state index in [-0.39, 0.29) is 5.75 Å². The summed E-state index contributed by atoms with van der Waals surface area (Å²) in [5.41, 5.74) is 2.61. The number of benzene rings is 1. The van der Waals surface area contributed by atoms with Crippen molar-refractivity contribution in [3.63, 3.8) is 0 Å². The second kappa shape index (κ2) is 5.00. The average molecular weight is 248 g/mol. The number of halogens is 1. The fraction of sp³-hybridized carbons (Fsp3) is 0.231. The highest BCUT2D eigenvalue weighted by Crippen LogP contribution is 2.20. The maximum absolute atomic E-state index is 13.5. The monoisotopic (exact) mass is 248 g/mol. The van der Waals surface area contributed by atoms with E-state index in [0.29, 0.717) is 23.4 Å². The molecule has 0 radical (unpaired) electrons. The summed E-state index contributed by atoms with van der Waals surface area (Å²) in [5, 5.41) is 6.79. The Balaban J connectivity index is 2.28. The Kier molecular flexibility index (Phi) is 3.41. The number of carbonyl (C=O) groups is 1. The highest BCUT2D eigenvalue weighted by molar-refractivity contribution is 5.78. The summed E-state index contributed by atoms with van der Waals surface area (Å²) in [5.74, 6) is -0.220. The second-order valence-corrected chi connectivity index (χ2v) is 3.97. The third-order valence-corrected chi connectivity index (χ3v) is 2.78. The quantitative estimate of drug-likeness (QED) is 0.844. The SMILES string of the molecule is COc1ccc(Cc2n[nH]c(C)c2C=O)cc1F. The molecule has 18 heavy (non-hydrogen) atoms. The molecule has 5 heteroatoms. The molecular formula is C13H13FN2O2. The van der Waals surface area contributed by atoms with Gasteiger partial charge in [0, 0.05) is 12.1 Å². The summed E-state index contributed by atoms with van der Waals surface area (Å²) in [6, 6.07) is 4.70. The lowest BCUT2D eigenvalue weighted by Crippen LogP contribution is -1.96. The number of aromatic amines is 1. The van der Waals surface area contributed by atoms with E-state index in [9.17, 15) is 9.18 Å². The largest absolute Gasteiger partial charge is 0.494 e. The Morgan fingerprint density at radius 1 is 1.50 bits per heavy atom. The molecule has 0 fully saturated rings. The van der Waals surface area contributed by atoms with Gasteiger partial charge in [-0.05, 0) is 24.6 Å². The maximum Gasteiger partial charge on any atom is 0.165 e. The molecular weight excluding hydrogens is 235 g/mol. The first-order valence-electron chi connectivity index (χ1n) is 5.47. The van der Waals surface area contributed by atoms with Crippen LogP contribution in [0.1, 0.15) is 27.3 Å². The molecule has 0 atom stereocenters. The molecule has 1 heterocycles. The van der Waals surface area contributed by atoms with Gasteiger partial charge in [-0.25, -0.2) is 4.39 Å². The number of aryl methyl sites for hydroxylation is 1. The molecule has 1 aromatic heterocycles. The van der Waals surface area contributed by atoms with E-state index in [0.717, 1.165) is 11.8 Å². The summed E-state index contributed by atoms with van der Waals surface area (Å²) in [4.78, 5) is 10.9. The molecule has 0 saturated carbocycles. The van der Waals surface area contributed by atoms with Gasteiger partial charge in [-0.2, -0.15) is 5.10 Å². The Morgan fingerprint density at radius 3 is 2.89 bits per heavy atom. The molecule has 1 N–H and O–H groups in total. The summed E-state index contributed by atoms with van der Waals surface area (Å²) >= 11 is 0. The number of H-pyrrole nitrogens is 1. The molecule has 0 aliphatic rings. The standard InChI is InChI=1S/C13H13FN2O2/c1-8-10(7-17)12(16-15-8)6-9-3-4-13(18-2)11(14)5-9/h3-5,7H,6H2,1-2H3,(H,15,16). The summed E-state index contributed by atoms with van der Waals surface area (Å²) in [7, 11) is 1.42. The van der Waals surface area contributed by atoms with E-state index in [4.69, 9.17) is 4.74 Å². The molecule has 0 saturated heterocycles. The number of nitrogens with zero attached hydrogens (tertiary/aromatic N) is 1. The fourth-order valence-corrected chi connectivity index (χ4v) is 1.79. The predicted molar refractivity (Wildman–Crippen MR) is 64.5 cm³/mol. The predicted octanol–water partition coefficient (Wildman–Crippen LogP) is 2.27. The lowest BCUT2D eigenvalue weighted by Gasteiger charge is -2.04. The van der Waals surface area contributed by atoms with Crippen LogP contribution >= 0.6 is 0 Å². The molecule has 0 aliphatic heterocycles. The van der Waals surface area contributed by atoms with Gasteiger partial charge < -0.3 is 4.74 Å². The van der Waals surface area contributed by atoms with Crippen molar-refractivity contribution in [2.75, 3.05) is 7.11 Å². The lowest BCUT2D eigenvalue weighted by atomic mass is 10.1. The second-order valence-electron chi connectivity index (χ2n) is 3.97. The molecule has 0 aliphatic carbocycles. The molecule has 1 aromatic carbocycles. The number of methoxy groups -OCH3 is 1. The molecule has 0 unspecified atom stereocenters. The van der Waals surface area contributed by atoms with Crippen molar-refractivity contribution in [3.8, 4) is 5.75 Å². The Morgan fingerprint density at radius 2 is 2.28 bits per heavy atom. The van der Waals surface area contributed by atoms with Crippen molar-refractivity contribution in [3.05, 3.63) is 46.5 Å². The van der Waals surface area contributed by atoms with Gasteiger partial charge in [0.05, 0.1) is 18.4 Å². The van der Waals surface area contributed by atoms with E-state index >= 15 is 0 Å². The first-order chi connectivity index (χ1) is 8.65. The summed E-state index contributed by atoms with van der Waals surface area (Å²) < 4.78 is 18.4. The van der Waals surface area contributed by atoms with Gasteiger partial charge in [0.1, 0.15) is 0 Å². The van der Waals surface area contributed by atoms with Gasteiger partial charge in [0.2, 0.25) is 0 Å². The zero-order valence-corrected chi connectivity index (χ0v) is 10.2. The highest BCUT2D eigenvalue weighted by Gasteiger charge is 2.11. The van der Waals surface area contributed by atoms with E-state index in [1.165, 1.54) is 13.2 Å². The van der Waals surface area contributed by atoms with Crippen LogP contribution in [0.15, 0.2) is 18.2 Å². The molecule has 4 nitrogen and oxygen atoms in total. The number of nitrogens with one attached hydrogen (secondary N) is 1. The molecule has 2 aromatic rings. The zero-order valence-electron chi connectivity index (χ0n) is 10.2. The fourth-order valence-electron chi connectivity index (χ4n) is 1.79. The van der Waals surface area contributed by atoms with Crippen LogP contribution in [0.2, 0.25) is 0 Å². The Bertz CT molecular complexity index is 578. The Labute approximate surface area is 104 Å². The van der Waals surface area contributed by atoms with Crippen LogP contribution in [0.25, 0.3) is 0 Å². The van der Waals surface area contributed by atoms with E-state index in [1.807, 2.05) is 0 Å². The van der Waals surface area contributed by atoms with Gasteiger partial charge >= 0.3 is 0 Å². The third-order valence-electron chi connectivity index (χ3n) is 2.78. The van der Waals surface area contributed by atoms with Crippen LogP contribution in [0.4, 0.5) is 4.39 Å². The lowest BCUT2D eigenvalue weighted by molar-refractivity contribution is 0.112. The van der Waals surface area contributed by atoms with Crippen molar-refractivity contribution in [1.82, 2.24) is 10.2 Å². The van der Waals surface area contributed by atoms with Crippen LogP contribution in [0.5, 0.6) is 5.75 Å². The van der Waals surface area contributed by atoms with Crippen LogP contribution in [-0.2, 0) is 6.42 Å². The van der Waals surface area contributed by atoms with Gasteiger partial charge in [-0.3, -0.25) is 9.89 Å². The summed E-state index contributed by atoms with van der Waals surface area (Å²) in [6.07, 6.45) is 1.16. The normalized spacial score (nSPS) is 10.4. The number of aldehydes is 1. The van der Waals surface area contributed by atoms with Gasteiger partial charge in [-0.15, -0.1) is 0 Å².